The van der Waals surface area contributed by atoms with E-state index in [4.69, 9.17) is 9.47 Å². The monoisotopic (exact) mass is 292 g/mol. The Bertz CT molecular complexity index is 474. The topological polar surface area (TPSA) is 18.5 Å². The fraction of sp³-hybridized carbons (Fsp3) is 0.294. The fourth-order valence-corrected chi connectivity index (χ4v) is 1.82. The second-order valence-corrected chi connectivity index (χ2v) is 4.67. The van der Waals surface area contributed by atoms with E-state index in [0.717, 1.165) is 19.3 Å². The Hall–Kier alpha value is -2.10. The molecular formula is C17H18F2O2. The van der Waals surface area contributed by atoms with Gasteiger partial charge in [0.25, 0.3) is 0 Å². The molecule has 0 atom stereocenters. The van der Waals surface area contributed by atoms with Gasteiger partial charge in [0.15, 0.2) is 0 Å². The van der Waals surface area contributed by atoms with E-state index < -0.39 is 0 Å². The predicted molar refractivity (Wildman–Crippen MR) is 77.6 cm³/mol. The average molecular weight is 292 g/mol. The van der Waals surface area contributed by atoms with Gasteiger partial charge in [-0.15, -0.1) is 0 Å². The van der Waals surface area contributed by atoms with E-state index in [2.05, 4.69) is 0 Å². The SMILES string of the molecule is Fc1ccc(OCCCCCOc2ccc(F)cc2)cc1. The molecule has 0 aliphatic carbocycles. The summed E-state index contributed by atoms with van der Waals surface area (Å²) in [7, 11) is 0. The molecule has 0 unspecified atom stereocenters. The number of halogens is 2. The van der Waals surface area contributed by atoms with E-state index in [1.54, 1.807) is 24.3 Å². The maximum Gasteiger partial charge on any atom is 0.123 e. The van der Waals surface area contributed by atoms with Gasteiger partial charge in [-0.2, -0.15) is 0 Å². The molecule has 112 valence electrons. The summed E-state index contributed by atoms with van der Waals surface area (Å²) >= 11 is 0. The first-order chi connectivity index (χ1) is 10.2. The lowest BCUT2D eigenvalue weighted by Crippen LogP contribution is -2.01. The molecule has 0 saturated carbocycles. The summed E-state index contributed by atoms with van der Waals surface area (Å²) in [5.41, 5.74) is 0. The van der Waals surface area contributed by atoms with Crippen molar-refractivity contribution in [2.75, 3.05) is 13.2 Å². The Kier molecular flexibility index (Phi) is 6.00. The molecule has 2 nitrogen and oxygen atoms in total. The minimum absolute atomic E-state index is 0.264. The Morgan fingerprint density at radius 1 is 0.571 bits per heavy atom. The molecule has 2 aromatic rings. The molecule has 0 aromatic heterocycles. The number of hydrogen-bond acceptors (Lipinski definition) is 2. The summed E-state index contributed by atoms with van der Waals surface area (Å²) in [5, 5.41) is 0. The highest BCUT2D eigenvalue weighted by atomic mass is 19.1. The summed E-state index contributed by atoms with van der Waals surface area (Å²) in [5.74, 6) is 0.832. The number of benzene rings is 2. The van der Waals surface area contributed by atoms with Gasteiger partial charge in [0.2, 0.25) is 0 Å². The molecule has 21 heavy (non-hydrogen) atoms. The van der Waals surface area contributed by atoms with Crippen LogP contribution in [0.25, 0.3) is 0 Å². The van der Waals surface area contributed by atoms with Gasteiger partial charge in [-0.25, -0.2) is 8.78 Å². The van der Waals surface area contributed by atoms with Crippen molar-refractivity contribution in [1.29, 1.82) is 0 Å². The minimum atomic E-state index is -0.264. The zero-order chi connectivity index (χ0) is 14.9. The average Bonchev–Trinajstić information content (AvgIpc) is 2.50. The molecular weight excluding hydrogens is 274 g/mol. The Balaban J connectivity index is 1.52. The van der Waals surface area contributed by atoms with Gasteiger partial charge >= 0.3 is 0 Å². The maximum absolute atomic E-state index is 12.7. The fourth-order valence-electron chi connectivity index (χ4n) is 1.82. The molecule has 0 saturated heterocycles. The van der Waals surface area contributed by atoms with Crippen molar-refractivity contribution < 1.29 is 18.3 Å². The number of hydrogen-bond donors (Lipinski definition) is 0. The second kappa shape index (κ2) is 8.25. The van der Waals surface area contributed by atoms with Crippen molar-refractivity contribution in [1.82, 2.24) is 0 Å². The van der Waals surface area contributed by atoms with Crippen LogP contribution in [-0.2, 0) is 0 Å². The van der Waals surface area contributed by atoms with Gasteiger partial charge < -0.3 is 9.47 Å². The molecule has 0 aliphatic heterocycles. The van der Waals surface area contributed by atoms with Gasteiger partial charge in [0, 0.05) is 0 Å². The summed E-state index contributed by atoms with van der Waals surface area (Å²) in [6.45, 7) is 1.20. The standard InChI is InChI=1S/C17H18F2O2/c18-14-4-8-16(9-5-14)20-12-2-1-3-13-21-17-10-6-15(19)7-11-17/h4-11H,1-3,12-13H2. The largest absolute Gasteiger partial charge is 0.494 e. The zero-order valence-corrected chi connectivity index (χ0v) is 11.7. The summed E-state index contributed by atoms with van der Waals surface area (Å²) in [6.07, 6.45) is 2.79. The van der Waals surface area contributed by atoms with E-state index in [-0.39, 0.29) is 11.6 Å². The summed E-state index contributed by atoms with van der Waals surface area (Å²) in [6, 6.07) is 12.0. The summed E-state index contributed by atoms with van der Waals surface area (Å²) in [4.78, 5) is 0. The number of ether oxygens (including phenoxy) is 2. The van der Waals surface area contributed by atoms with Gasteiger partial charge in [-0.1, -0.05) is 0 Å². The predicted octanol–water partition coefficient (Wildman–Crippen LogP) is 4.59. The Morgan fingerprint density at radius 2 is 0.952 bits per heavy atom. The van der Waals surface area contributed by atoms with Crippen molar-refractivity contribution in [3.63, 3.8) is 0 Å². The molecule has 2 rings (SSSR count). The van der Waals surface area contributed by atoms with Crippen LogP contribution in [0.1, 0.15) is 19.3 Å². The third kappa shape index (κ3) is 5.81. The lowest BCUT2D eigenvalue weighted by Gasteiger charge is -2.07. The van der Waals surface area contributed by atoms with Crippen molar-refractivity contribution in [2.45, 2.75) is 19.3 Å². The lowest BCUT2D eigenvalue weighted by atomic mass is 10.2. The van der Waals surface area contributed by atoms with Gasteiger partial charge in [0.05, 0.1) is 13.2 Å². The quantitative estimate of drug-likeness (QED) is 0.662. The van der Waals surface area contributed by atoms with Crippen LogP contribution < -0.4 is 9.47 Å². The highest BCUT2D eigenvalue weighted by Crippen LogP contribution is 2.13. The smallest absolute Gasteiger partial charge is 0.123 e. The molecule has 0 bridgehead atoms. The van der Waals surface area contributed by atoms with Crippen LogP contribution in [0.2, 0.25) is 0 Å². The first-order valence-electron chi connectivity index (χ1n) is 7.01. The van der Waals surface area contributed by atoms with E-state index in [1.807, 2.05) is 0 Å². The highest BCUT2D eigenvalue weighted by Gasteiger charge is 1.97. The van der Waals surface area contributed by atoms with Crippen LogP contribution >= 0.6 is 0 Å². The van der Waals surface area contributed by atoms with E-state index in [9.17, 15) is 8.78 Å². The molecule has 4 heteroatoms. The van der Waals surface area contributed by atoms with Gasteiger partial charge in [0.1, 0.15) is 23.1 Å². The first-order valence-corrected chi connectivity index (χ1v) is 7.01. The molecule has 2 aromatic carbocycles. The van der Waals surface area contributed by atoms with Gasteiger partial charge in [-0.05, 0) is 67.8 Å². The molecule has 0 radical (unpaired) electrons. The normalized spacial score (nSPS) is 10.4. The van der Waals surface area contributed by atoms with Crippen LogP contribution in [0.5, 0.6) is 11.5 Å². The first kappa shape index (κ1) is 15.3. The van der Waals surface area contributed by atoms with Crippen LogP contribution in [0, 0.1) is 11.6 Å². The van der Waals surface area contributed by atoms with Crippen LogP contribution in [0.15, 0.2) is 48.5 Å². The molecule has 0 heterocycles. The van der Waals surface area contributed by atoms with Crippen LogP contribution in [-0.4, -0.2) is 13.2 Å². The van der Waals surface area contributed by atoms with Crippen molar-refractivity contribution in [3.05, 3.63) is 60.2 Å². The third-order valence-corrected chi connectivity index (χ3v) is 2.95. The molecule has 0 amide bonds. The number of unbranched alkanes of at least 4 members (excludes halogenated alkanes) is 2. The zero-order valence-electron chi connectivity index (χ0n) is 11.7. The number of rotatable bonds is 8. The molecule has 0 N–H and O–H groups in total. The maximum atomic E-state index is 12.7. The Labute approximate surface area is 123 Å². The van der Waals surface area contributed by atoms with Crippen molar-refractivity contribution in [2.24, 2.45) is 0 Å². The van der Waals surface area contributed by atoms with E-state index in [1.165, 1.54) is 24.3 Å². The Morgan fingerprint density at radius 3 is 1.33 bits per heavy atom. The minimum Gasteiger partial charge on any atom is -0.494 e. The molecule has 0 aliphatic rings. The molecule has 0 fully saturated rings. The van der Waals surface area contributed by atoms with Crippen molar-refractivity contribution >= 4 is 0 Å². The van der Waals surface area contributed by atoms with Crippen LogP contribution in [0.3, 0.4) is 0 Å². The van der Waals surface area contributed by atoms with E-state index in [0.29, 0.717) is 24.7 Å². The lowest BCUT2D eigenvalue weighted by molar-refractivity contribution is 0.279. The highest BCUT2D eigenvalue weighted by molar-refractivity contribution is 5.22. The molecule has 0 spiro atoms. The second-order valence-electron chi connectivity index (χ2n) is 4.67. The van der Waals surface area contributed by atoms with Gasteiger partial charge in [-0.3, -0.25) is 0 Å². The summed E-state index contributed by atoms with van der Waals surface area (Å²) < 4.78 is 36.4. The van der Waals surface area contributed by atoms with Crippen LogP contribution in [0.4, 0.5) is 8.78 Å². The van der Waals surface area contributed by atoms with E-state index >= 15 is 0 Å². The van der Waals surface area contributed by atoms with Crippen molar-refractivity contribution in [3.8, 4) is 11.5 Å². The third-order valence-electron chi connectivity index (χ3n) is 2.95.